The van der Waals surface area contributed by atoms with Gasteiger partial charge in [-0.3, -0.25) is 4.99 Å². The highest BCUT2D eigenvalue weighted by atomic mass is 32.1. The number of piperidine rings is 1. The molecular formula is C22H39N5S. The number of thiazole rings is 1. The second kappa shape index (κ2) is 11.8. The van der Waals surface area contributed by atoms with Crippen molar-refractivity contribution >= 4 is 17.3 Å². The number of rotatable bonds is 8. The fraction of sp³-hybridized carbons (Fsp3) is 0.818. The molecule has 0 aromatic carbocycles. The van der Waals surface area contributed by atoms with Crippen molar-refractivity contribution in [3.05, 3.63) is 16.1 Å². The van der Waals surface area contributed by atoms with Crippen molar-refractivity contribution in [2.45, 2.75) is 77.7 Å². The molecule has 6 heteroatoms. The predicted molar refractivity (Wildman–Crippen MR) is 120 cm³/mol. The Labute approximate surface area is 175 Å². The quantitative estimate of drug-likeness (QED) is 0.509. The highest BCUT2D eigenvalue weighted by molar-refractivity contribution is 7.11. The lowest BCUT2D eigenvalue weighted by atomic mass is 9.88. The molecule has 3 rings (SSSR count). The van der Waals surface area contributed by atoms with Gasteiger partial charge in [-0.25, -0.2) is 4.98 Å². The summed E-state index contributed by atoms with van der Waals surface area (Å²) in [5.74, 6) is 1.93. The van der Waals surface area contributed by atoms with E-state index in [0.29, 0.717) is 6.04 Å². The van der Waals surface area contributed by atoms with Crippen LogP contribution in [0.1, 0.15) is 68.7 Å². The van der Waals surface area contributed by atoms with Crippen LogP contribution in [0.3, 0.4) is 0 Å². The standard InChI is InChI=1S/C22H39N5S/c1-3-20-16-25-21(28-20)10-13-24-22(23-4-2)26-19-11-14-27(15-12-19)17-18-8-6-5-7-9-18/h16,18-19H,3-15,17H2,1-2H3,(H2,23,24,26). The number of guanidine groups is 1. The maximum Gasteiger partial charge on any atom is 0.191 e. The van der Waals surface area contributed by atoms with E-state index in [2.05, 4.69) is 34.4 Å². The van der Waals surface area contributed by atoms with Crippen LogP contribution in [0.2, 0.25) is 0 Å². The number of hydrogen-bond donors (Lipinski definition) is 2. The summed E-state index contributed by atoms with van der Waals surface area (Å²) in [6.07, 6.45) is 13.7. The van der Waals surface area contributed by atoms with Gasteiger partial charge in [0, 0.05) is 56.3 Å². The van der Waals surface area contributed by atoms with Crippen LogP contribution < -0.4 is 10.6 Å². The SMILES string of the molecule is CCNC(=NCCc1ncc(CC)s1)NC1CCN(CC2CCCCC2)CC1. The molecule has 0 unspecified atom stereocenters. The number of nitrogens with one attached hydrogen (secondary N) is 2. The van der Waals surface area contributed by atoms with Gasteiger partial charge in [0.05, 0.1) is 5.01 Å². The van der Waals surface area contributed by atoms with E-state index in [4.69, 9.17) is 4.99 Å². The third-order valence-electron chi connectivity index (χ3n) is 6.06. The first-order chi connectivity index (χ1) is 13.8. The van der Waals surface area contributed by atoms with Gasteiger partial charge in [0.1, 0.15) is 0 Å². The molecule has 2 fully saturated rings. The Bertz CT molecular complexity index is 586. The van der Waals surface area contributed by atoms with Crippen molar-refractivity contribution < 1.29 is 0 Å². The molecule has 1 saturated heterocycles. The molecule has 1 aromatic heterocycles. The maximum absolute atomic E-state index is 4.80. The zero-order valence-electron chi connectivity index (χ0n) is 17.9. The summed E-state index contributed by atoms with van der Waals surface area (Å²) < 4.78 is 0. The number of likely N-dealkylation sites (tertiary alicyclic amines) is 1. The fourth-order valence-electron chi connectivity index (χ4n) is 4.40. The predicted octanol–water partition coefficient (Wildman–Crippen LogP) is 3.85. The van der Waals surface area contributed by atoms with Gasteiger partial charge in [-0.2, -0.15) is 0 Å². The third kappa shape index (κ3) is 7.03. The van der Waals surface area contributed by atoms with Crippen molar-refractivity contribution in [1.82, 2.24) is 20.5 Å². The molecule has 0 spiro atoms. The maximum atomic E-state index is 4.80. The van der Waals surface area contributed by atoms with Gasteiger partial charge in [0.15, 0.2) is 5.96 Å². The first-order valence-corrected chi connectivity index (χ1v) is 12.3. The molecule has 1 aromatic rings. The summed E-state index contributed by atoms with van der Waals surface area (Å²) in [6.45, 7) is 9.81. The zero-order chi connectivity index (χ0) is 19.6. The molecule has 0 amide bonds. The third-order valence-corrected chi connectivity index (χ3v) is 7.26. The van der Waals surface area contributed by atoms with E-state index < -0.39 is 0 Å². The van der Waals surface area contributed by atoms with E-state index >= 15 is 0 Å². The fourth-order valence-corrected chi connectivity index (χ4v) is 5.25. The average molecular weight is 406 g/mol. The number of aliphatic imine (C=N–C) groups is 1. The smallest absolute Gasteiger partial charge is 0.191 e. The van der Waals surface area contributed by atoms with Gasteiger partial charge in [-0.15, -0.1) is 11.3 Å². The normalized spacial score (nSPS) is 20.4. The molecule has 1 aliphatic carbocycles. The molecule has 0 bridgehead atoms. The minimum atomic E-state index is 0.548. The van der Waals surface area contributed by atoms with E-state index in [1.165, 1.54) is 74.5 Å². The second-order valence-corrected chi connectivity index (χ2v) is 9.51. The number of hydrogen-bond acceptors (Lipinski definition) is 4. The van der Waals surface area contributed by atoms with E-state index in [9.17, 15) is 0 Å². The first-order valence-electron chi connectivity index (χ1n) is 11.5. The van der Waals surface area contributed by atoms with Crippen LogP contribution in [0.15, 0.2) is 11.2 Å². The Hall–Kier alpha value is -1.14. The van der Waals surface area contributed by atoms with Gasteiger partial charge in [-0.1, -0.05) is 26.2 Å². The Morgan fingerprint density at radius 3 is 2.64 bits per heavy atom. The number of aromatic nitrogens is 1. The van der Waals surface area contributed by atoms with E-state index in [1.807, 2.05) is 17.5 Å². The van der Waals surface area contributed by atoms with Crippen LogP contribution in [-0.2, 0) is 12.8 Å². The molecule has 158 valence electrons. The summed E-state index contributed by atoms with van der Waals surface area (Å²) in [5, 5.41) is 8.30. The Morgan fingerprint density at radius 2 is 1.96 bits per heavy atom. The van der Waals surface area contributed by atoms with Crippen molar-refractivity contribution in [3.63, 3.8) is 0 Å². The van der Waals surface area contributed by atoms with Crippen LogP contribution in [0.5, 0.6) is 0 Å². The summed E-state index contributed by atoms with van der Waals surface area (Å²) in [7, 11) is 0. The highest BCUT2D eigenvalue weighted by Gasteiger charge is 2.23. The molecule has 2 aliphatic rings. The summed E-state index contributed by atoms with van der Waals surface area (Å²) in [6, 6.07) is 0.548. The summed E-state index contributed by atoms with van der Waals surface area (Å²) in [5.41, 5.74) is 0. The molecule has 2 heterocycles. The summed E-state index contributed by atoms with van der Waals surface area (Å²) in [4.78, 5) is 13.4. The second-order valence-electron chi connectivity index (χ2n) is 8.31. The first kappa shape index (κ1) is 21.6. The lowest BCUT2D eigenvalue weighted by molar-refractivity contribution is 0.160. The van der Waals surface area contributed by atoms with E-state index in [1.54, 1.807) is 0 Å². The van der Waals surface area contributed by atoms with E-state index in [-0.39, 0.29) is 0 Å². The monoisotopic (exact) mass is 405 g/mol. The topological polar surface area (TPSA) is 52.6 Å². The van der Waals surface area contributed by atoms with Gasteiger partial charge in [0.2, 0.25) is 0 Å². The van der Waals surface area contributed by atoms with Crippen LogP contribution in [0.4, 0.5) is 0 Å². The molecule has 0 atom stereocenters. The zero-order valence-corrected chi connectivity index (χ0v) is 18.7. The molecule has 0 radical (unpaired) electrons. The van der Waals surface area contributed by atoms with Crippen LogP contribution in [0, 0.1) is 5.92 Å². The number of nitrogens with zero attached hydrogens (tertiary/aromatic N) is 3. The van der Waals surface area contributed by atoms with Crippen LogP contribution in [0.25, 0.3) is 0 Å². The minimum absolute atomic E-state index is 0.548. The average Bonchev–Trinajstić information content (AvgIpc) is 3.18. The lowest BCUT2D eigenvalue weighted by Gasteiger charge is -2.36. The minimum Gasteiger partial charge on any atom is -0.357 e. The molecular weight excluding hydrogens is 366 g/mol. The molecule has 1 aliphatic heterocycles. The largest absolute Gasteiger partial charge is 0.357 e. The lowest BCUT2D eigenvalue weighted by Crippen LogP contribution is -2.49. The van der Waals surface area contributed by atoms with Crippen LogP contribution in [-0.4, -0.2) is 54.6 Å². The van der Waals surface area contributed by atoms with Gasteiger partial charge in [-0.05, 0) is 44.9 Å². The van der Waals surface area contributed by atoms with Crippen molar-refractivity contribution in [3.8, 4) is 0 Å². The van der Waals surface area contributed by atoms with E-state index in [0.717, 1.165) is 37.8 Å². The van der Waals surface area contributed by atoms with Gasteiger partial charge >= 0.3 is 0 Å². The highest BCUT2D eigenvalue weighted by Crippen LogP contribution is 2.25. The van der Waals surface area contributed by atoms with Crippen LogP contribution >= 0.6 is 11.3 Å². The Morgan fingerprint density at radius 1 is 1.18 bits per heavy atom. The molecule has 2 N–H and O–H groups in total. The van der Waals surface area contributed by atoms with Gasteiger partial charge < -0.3 is 15.5 Å². The Kier molecular flexibility index (Phi) is 9.06. The Balaban J connectivity index is 1.39. The van der Waals surface area contributed by atoms with Gasteiger partial charge in [0.25, 0.3) is 0 Å². The summed E-state index contributed by atoms with van der Waals surface area (Å²) >= 11 is 1.82. The molecule has 28 heavy (non-hydrogen) atoms. The molecule has 5 nitrogen and oxygen atoms in total. The van der Waals surface area contributed by atoms with Crippen molar-refractivity contribution in [2.24, 2.45) is 10.9 Å². The van der Waals surface area contributed by atoms with Crippen molar-refractivity contribution in [1.29, 1.82) is 0 Å². The molecule has 1 saturated carbocycles. The number of aryl methyl sites for hydroxylation is 1. The van der Waals surface area contributed by atoms with Crippen molar-refractivity contribution in [2.75, 3.05) is 32.7 Å².